The number of nitrogens with zero attached hydrogens (tertiary/aromatic N) is 2. The van der Waals surface area contributed by atoms with Gasteiger partial charge in [0, 0.05) is 32.6 Å². The number of hydrogen-bond acceptors (Lipinski definition) is 3. The van der Waals surface area contributed by atoms with Crippen molar-refractivity contribution in [3.63, 3.8) is 0 Å². The number of hydrazine groups is 1. The lowest BCUT2D eigenvalue weighted by Gasteiger charge is -2.42. The van der Waals surface area contributed by atoms with Crippen LogP contribution in [0, 0.1) is 0 Å². The molecule has 0 aliphatic carbocycles. The molecular weight excluding hydrogens is 178 g/mol. The van der Waals surface area contributed by atoms with E-state index in [1.54, 1.807) is 0 Å². The first kappa shape index (κ1) is 9.93. The highest BCUT2D eigenvalue weighted by molar-refractivity contribution is 5.75. The first-order chi connectivity index (χ1) is 6.79. The Bertz CT molecular complexity index is 213. The molecule has 0 bridgehead atoms. The van der Waals surface area contributed by atoms with Gasteiger partial charge in [0.2, 0.25) is 5.91 Å². The summed E-state index contributed by atoms with van der Waals surface area (Å²) in [5, 5.41) is 7.44. The summed E-state index contributed by atoms with van der Waals surface area (Å²) in [5.74, 6) is 0.266. The Balaban J connectivity index is 1.97. The molecule has 4 heteroatoms. The van der Waals surface area contributed by atoms with E-state index in [1.165, 1.54) is 12.8 Å². The van der Waals surface area contributed by atoms with Crippen molar-refractivity contribution in [2.75, 3.05) is 26.7 Å². The maximum Gasteiger partial charge on any atom is 0.236 e. The molecule has 0 aromatic heterocycles. The van der Waals surface area contributed by atoms with Gasteiger partial charge in [0.1, 0.15) is 0 Å². The van der Waals surface area contributed by atoms with Gasteiger partial charge in [-0.25, -0.2) is 5.01 Å². The lowest BCUT2D eigenvalue weighted by molar-refractivity contribution is -0.157. The smallest absolute Gasteiger partial charge is 0.236 e. The normalized spacial score (nSPS) is 30.8. The molecule has 0 aromatic rings. The summed E-state index contributed by atoms with van der Waals surface area (Å²) >= 11 is 0. The van der Waals surface area contributed by atoms with Crippen LogP contribution in [0.3, 0.4) is 0 Å². The Labute approximate surface area is 85.2 Å². The van der Waals surface area contributed by atoms with E-state index in [2.05, 4.69) is 10.3 Å². The Morgan fingerprint density at radius 3 is 3.00 bits per heavy atom. The fraction of sp³-hybridized carbons (Fsp3) is 0.900. The van der Waals surface area contributed by atoms with Crippen LogP contribution in [0.5, 0.6) is 0 Å². The van der Waals surface area contributed by atoms with Crippen LogP contribution in [0.2, 0.25) is 0 Å². The Morgan fingerprint density at radius 1 is 1.43 bits per heavy atom. The molecule has 14 heavy (non-hydrogen) atoms. The molecule has 0 spiro atoms. The van der Waals surface area contributed by atoms with Crippen LogP contribution in [0.4, 0.5) is 0 Å². The second kappa shape index (κ2) is 4.28. The third-order valence-corrected chi connectivity index (χ3v) is 3.22. The number of hydrogen-bond donors (Lipinski definition) is 1. The van der Waals surface area contributed by atoms with Crippen molar-refractivity contribution in [1.82, 2.24) is 15.3 Å². The van der Waals surface area contributed by atoms with Gasteiger partial charge < -0.3 is 5.32 Å². The van der Waals surface area contributed by atoms with Crippen molar-refractivity contribution in [1.29, 1.82) is 0 Å². The van der Waals surface area contributed by atoms with Gasteiger partial charge in [0.25, 0.3) is 0 Å². The van der Waals surface area contributed by atoms with E-state index in [0.29, 0.717) is 12.5 Å². The van der Waals surface area contributed by atoms with Gasteiger partial charge in [-0.15, -0.1) is 0 Å². The second-order valence-corrected chi connectivity index (χ2v) is 4.18. The van der Waals surface area contributed by atoms with E-state index < -0.39 is 0 Å². The van der Waals surface area contributed by atoms with Gasteiger partial charge in [0.05, 0.1) is 0 Å². The zero-order valence-electron chi connectivity index (χ0n) is 8.83. The Kier molecular flexibility index (Phi) is 3.03. The summed E-state index contributed by atoms with van der Waals surface area (Å²) in [5.41, 5.74) is 0. The molecule has 0 radical (unpaired) electrons. The van der Waals surface area contributed by atoms with E-state index in [9.17, 15) is 4.79 Å². The fourth-order valence-corrected chi connectivity index (χ4v) is 2.36. The van der Waals surface area contributed by atoms with Crippen LogP contribution >= 0.6 is 0 Å². The molecule has 0 aromatic carbocycles. The van der Waals surface area contributed by atoms with Crippen LogP contribution in [0.15, 0.2) is 0 Å². The van der Waals surface area contributed by atoms with E-state index in [4.69, 9.17) is 0 Å². The largest absolute Gasteiger partial charge is 0.315 e. The molecule has 2 heterocycles. The number of carbonyl (C=O) groups is 1. The molecule has 1 atom stereocenters. The first-order valence-corrected chi connectivity index (χ1v) is 5.53. The van der Waals surface area contributed by atoms with Crippen molar-refractivity contribution in [2.24, 2.45) is 0 Å². The van der Waals surface area contributed by atoms with Gasteiger partial charge in [-0.1, -0.05) is 0 Å². The van der Waals surface area contributed by atoms with E-state index >= 15 is 0 Å². The summed E-state index contributed by atoms with van der Waals surface area (Å²) in [7, 11) is 1.90. The quantitative estimate of drug-likeness (QED) is 0.652. The van der Waals surface area contributed by atoms with Crippen LogP contribution in [-0.4, -0.2) is 48.6 Å². The number of rotatable bonds is 1. The third-order valence-electron chi connectivity index (χ3n) is 3.22. The van der Waals surface area contributed by atoms with Crippen LogP contribution < -0.4 is 5.32 Å². The molecule has 1 unspecified atom stereocenters. The topological polar surface area (TPSA) is 35.6 Å². The molecule has 2 saturated heterocycles. The predicted molar refractivity (Wildman–Crippen MR) is 54.6 cm³/mol. The lowest BCUT2D eigenvalue weighted by Crippen LogP contribution is -2.56. The summed E-state index contributed by atoms with van der Waals surface area (Å²) in [6.07, 6.45) is 4.17. The minimum absolute atomic E-state index is 0.266. The SMILES string of the molecule is CN1C(=O)CCCN1C1CCCNC1. The number of carbonyl (C=O) groups excluding carboxylic acids is 1. The lowest BCUT2D eigenvalue weighted by atomic mass is 10.1. The molecule has 2 fully saturated rings. The van der Waals surface area contributed by atoms with E-state index in [0.717, 1.165) is 26.1 Å². The monoisotopic (exact) mass is 197 g/mol. The number of piperidine rings is 1. The van der Waals surface area contributed by atoms with Crippen LogP contribution in [-0.2, 0) is 4.79 Å². The maximum atomic E-state index is 11.5. The molecule has 2 aliphatic heterocycles. The third kappa shape index (κ3) is 1.91. The molecule has 80 valence electrons. The first-order valence-electron chi connectivity index (χ1n) is 5.53. The molecule has 2 aliphatic rings. The van der Waals surface area contributed by atoms with Gasteiger partial charge in [-0.05, 0) is 25.8 Å². The minimum atomic E-state index is 0.266. The van der Waals surface area contributed by atoms with Crippen LogP contribution in [0.1, 0.15) is 25.7 Å². The van der Waals surface area contributed by atoms with E-state index in [1.807, 2.05) is 12.1 Å². The zero-order valence-corrected chi connectivity index (χ0v) is 8.83. The maximum absolute atomic E-state index is 11.5. The molecule has 4 nitrogen and oxygen atoms in total. The number of nitrogens with one attached hydrogen (secondary N) is 1. The summed E-state index contributed by atoms with van der Waals surface area (Å²) < 4.78 is 0. The van der Waals surface area contributed by atoms with Gasteiger partial charge in [0.15, 0.2) is 0 Å². The van der Waals surface area contributed by atoms with E-state index in [-0.39, 0.29) is 5.91 Å². The van der Waals surface area contributed by atoms with Gasteiger partial charge in [-0.2, -0.15) is 0 Å². The summed E-state index contributed by atoms with van der Waals surface area (Å²) in [4.78, 5) is 11.5. The minimum Gasteiger partial charge on any atom is -0.315 e. The Morgan fingerprint density at radius 2 is 2.29 bits per heavy atom. The highest BCUT2D eigenvalue weighted by Crippen LogP contribution is 2.17. The average molecular weight is 197 g/mol. The summed E-state index contributed by atoms with van der Waals surface area (Å²) in [6.45, 7) is 3.19. The molecule has 0 saturated carbocycles. The zero-order chi connectivity index (χ0) is 9.97. The Hall–Kier alpha value is -0.610. The molecule has 1 N–H and O–H groups in total. The van der Waals surface area contributed by atoms with Crippen molar-refractivity contribution in [2.45, 2.75) is 31.7 Å². The van der Waals surface area contributed by atoms with Crippen molar-refractivity contribution in [3.8, 4) is 0 Å². The van der Waals surface area contributed by atoms with Crippen molar-refractivity contribution >= 4 is 5.91 Å². The van der Waals surface area contributed by atoms with Crippen molar-refractivity contribution < 1.29 is 4.79 Å². The highest BCUT2D eigenvalue weighted by atomic mass is 16.2. The van der Waals surface area contributed by atoms with Crippen LogP contribution in [0.25, 0.3) is 0 Å². The molecular formula is C10H19N3O. The fourth-order valence-electron chi connectivity index (χ4n) is 2.36. The predicted octanol–water partition coefficient (Wildman–Crippen LogP) is 0.208. The molecule has 1 amide bonds. The molecule has 2 rings (SSSR count). The van der Waals surface area contributed by atoms with Gasteiger partial charge >= 0.3 is 0 Å². The average Bonchev–Trinajstić information content (AvgIpc) is 2.23. The standard InChI is InChI=1S/C10H19N3O/c1-12-10(14)5-3-7-13(12)9-4-2-6-11-8-9/h9,11H,2-8H2,1H3. The highest BCUT2D eigenvalue weighted by Gasteiger charge is 2.29. The van der Waals surface area contributed by atoms with Crippen molar-refractivity contribution in [3.05, 3.63) is 0 Å². The number of amides is 1. The second-order valence-electron chi connectivity index (χ2n) is 4.18. The van der Waals surface area contributed by atoms with Gasteiger partial charge in [-0.3, -0.25) is 9.80 Å². The summed E-state index contributed by atoms with van der Waals surface area (Å²) in [6, 6.07) is 0.526.